The number of aliphatic hydroxyl groups is 1. The number of carbonyl (C=O) groups excluding carboxylic acids is 1. The lowest BCUT2D eigenvalue weighted by atomic mass is 10.3. The molecule has 0 saturated carbocycles. The number of amides is 1. The van der Waals surface area contributed by atoms with Gasteiger partial charge in [-0.3, -0.25) is 9.52 Å². The number of aliphatic hydroxyl groups excluding tert-OH is 1. The largest absolute Gasteiger partial charge is 0.494 e. The summed E-state index contributed by atoms with van der Waals surface area (Å²) in [7, 11) is -2.66. The fourth-order valence-corrected chi connectivity index (χ4v) is 4.44. The highest BCUT2D eigenvalue weighted by molar-refractivity contribution is 9.10. The van der Waals surface area contributed by atoms with Crippen molar-refractivity contribution in [3.05, 3.63) is 45.9 Å². The minimum absolute atomic E-state index is 0.113. The van der Waals surface area contributed by atoms with Crippen molar-refractivity contribution in [3.8, 4) is 5.75 Å². The molecule has 0 aliphatic rings. The van der Waals surface area contributed by atoms with E-state index in [1.165, 1.54) is 31.4 Å². The minimum Gasteiger partial charge on any atom is -0.494 e. The Balaban J connectivity index is 2.37. The Bertz CT molecular complexity index is 905. The van der Waals surface area contributed by atoms with Gasteiger partial charge in [0.05, 0.1) is 17.3 Å². The Kier molecular flexibility index (Phi) is 6.28. The summed E-state index contributed by atoms with van der Waals surface area (Å²) >= 11 is 9.15. The highest BCUT2D eigenvalue weighted by atomic mass is 79.9. The molecule has 0 unspecified atom stereocenters. The fraction of sp³-hybridized carbons (Fsp3) is 0.133. The van der Waals surface area contributed by atoms with Crippen molar-refractivity contribution in [2.45, 2.75) is 4.90 Å². The van der Waals surface area contributed by atoms with E-state index in [2.05, 4.69) is 26.0 Å². The molecule has 0 bridgehead atoms. The van der Waals surface area contributed by atoms with Crippen LogP contribution in [-0.4, -0.2) is 33.1 Å². The zero-order valence-corrected chi connectivity index (χ0v) is 16.1. The van der Waals surface area contributed by atoms with Gasteiger partial charge in [0, 0.05) is 10.7 Å². The van der Waals surface area contributed by atoms with Crippen LogP contribution in [0, 0.1) is 0 Å². The third-order valence-electron chi connectivity index (χ3n) is 3.01. The van der Waals surface area contributed by atoms with E-state index in [1.807, 2.05) is 0 Å². The van der Waals surface area contributed by atoms with Crippen molar-refractivity contribution in [2.24, 2.45) is 0 Å². The van der Waals surface area contributed by atoms with Crippen LogP contribution in [-0.2, 0) is 14.8 Å². The first-order valence-electron chi connectivity index (χ1n) is 6.83. The van der Waals surface area contributed by atoms with Gasteiger partial charge in [-0.05, 0) is 46.3 Å². The zero-order chi connectivity index (χ0) is 18.6. The average molecular weight is 450 g/mol. The molecule has 0 heterocycles. The van der Waals surface area contributed by atoms with Crippen LogP contribution in [0.5, 0.6) is 5.75 Å². The lowest BCUT2D eigenvalue weighted by Crippen LogP contribution is -2.16. The van der Waals surface area contributed by atoms with Crippen molar-refractivity contribution in [1.82, 2.24) is 0 Å². The Morgan fingerprint density at radius 2 is 1.96 bits per heavy atom. The van der Waals surface area contributed by atoms with Gasteiger partial charge in [-0.1, -0.05) is 17.7 Å². The van der Waals surface area contributed by atoms with E-state index in [-0.39, 0.29) is 21.4 Å². The van der Waals surface area contributed by atoms with Gasteiger partial charge in [0.2, 0.25) is 5.91 Å². The first-order valence-corrected chi connectivity index (χ1v) is 9.49. The second-order valence-corrected chi connectivity index (χ2v) is 7.75. The quantitative estimate of drug-likeness (QED) is 0.629. The van der Waals surface area contributed by atoms with E-state index in [9.17, 15) is 13.2 Å². The summed E-state index contributed by atoms with van der Waals surface area (Å²) in [4.78, 5) is 11.1. The molecule has 0 aliphatic carbocycles. The number of hydrogen-bond acceptors (Lipinski definition) is 5. The van der Waals surface area contributed by atoms with Crippen LogP contribution in [0.25, 0.3) is 0 Å². The second-order valence-electron chi connectivity index (χ2n) is 4.81. The molecule has 0 fully saturated rings. The Labute approximate surface area is 158 Å². The lowest BCUT2D eigenvalue weighted by Gasteiger charge is -2.14. The van der Waals surface area contributed by atoms with Gasteiger partial charge in [0.25, 0.3) is 10.0 Å². The van der Waals surface area contributed by atoms with E-state index in [0.29, 0.717) is 10.2 Å². The number of benzene rings is 2. The van der Waals surface area contributed by atoms with Crippen LogP contribution < -0.4 is 14.8 Å². The molecule has 1 amide bonds. The molecule has 25 heavy (non-hydrogen) atoms. The predicted octanol–water partition coefficient (Wildman–Crippen LogP) is 2.84. The van der Waals surface area contributed by atoms with Gasteiger partial charge < -0.3 is 15.2 Å². The molecule has 2 aromatic carbocycles. The predicted molar refractivity (Wildman–Crippen MR) is 98.7 cm³/mol. The summed E-state index contributed by atoms with van der Waals surface area (Å²) in [5, 5.41) is 11.4. The van der Waals surface area contributed by atoms with Gasteiger partial charge >= 0.3 is 0 Å². The van der Waals surface area contributed by atoms with Crippen LogP contribution in [0.1, 0.15) is 0 Å². The maximum atomic E-state index is 12.7. The number of anilines is 2. The van der Waals surface area contributed by atoms with Gasteiger partial charge in [-0.2, -0.15) is 0 Å². The maximum Gasteiger partial charge on any atom is 0.265 e. The monoisotopic (exact) mass is 448 g/mol. The van der Waals surface area contributed by atoms with Crippen molar-refractivity contribution in [2.75, 3.05) is 23.8 Å². The Morgan fingerprint density at radius 3 is 2.60 bits per heavy atom. The number of halogens is 2. The number of methoxy groups -OCH3 is 1. The van der Waals surface area contributed by atoms with Crippen molar-refractivity contribution < 1.29 is 23.1 Å². The molecular weight excluding hydrogens is 436 g/mol. The summed E-state index contributed by atoms with van der Waals surface area (Å²) < 4.78 is 33.3. The first-order chi connectivity index (χ1) is 11.8. The van der Waals surface area contributed by atoms with Crippen molar-refractivity contribution in [3.63, 3.8) is 0 Å². The SMILES string of the molecule is COc1c(Br)cc(Cl)cc1S(=O)(=O)Nc1cccc(NC(=O)CO)c1. The van der Waals surface area contributed by atoms with Crippen molar-refractivity contribution >= 4 is 54.8 Å². The number of nitrogens with one attached hydrogen (secondary N) is 2. The smallest absolute Gasteiger partial charge is 0.265 e. The molecule has 2 rings (SSSR count). The molecule has 0 spiro atoms. The Hall–Kier alpha value is -1.81. The van der Waals surface area contributed by atoms with Gasteiger partial charge in [0.15, 0.2) is 5.75 Å². The topological polar surface area (TPSA) is 105 Å². The molecule has 0 aliphatic heterocycles. The highest BCUT2D eigenvalue weighted by Gasteiger charge is 2.23. The summed E-state index contributed by atoms with van der Waals surface area (Å²) in [6.45, 7) is -0.677. The average Bonchev–Trinajstić information content (AvgIpc) is 2.54. The molecule has 3 N–H and O–H groups in total. The number of ether oxygens (including phenoxy) is 1. The maximum absolute atomic E-state index is 12.7. The molecule has 10 heteroatoms. The van der Waals surface area contributed by atoms with Crippen LogP contribution in [0.4, 0.5) is 11.4 Å². The number of carbonyl (C=O) groups is 1. The van der Waals surface area contributed by atoms with Crippen LogP contribution in [0.15, 0.2) is 45.8 Å². The minimum atomic E-state index is -4.00. The summed E-state index contributed by atoms with van der Waals surface area (Å²) in [6.07, 6.45) is 0. The van der Waals surface area contributed by atoms with Crippen molar-refractivity contribution in [1.29, 1.82) is 0 Å². The van der Waals surface area contributed by atoms with Crippen LogP contribution in [0.3, 0.4) is 0 Å². The molecule has 0 radical (unpaired) electrons. The number of hydrogen-bond donors (Lipinski definition) is 3. The molecule has 0 saturated heterocycles. The van der Waals surface area contributed by atoms with Gasteiger partial charge in [-0.15, -0.1) is 0 Å². The normalized spacial score (nSPS) is 11.0. The highest BCUT2D eigenvalue weighted by Crippen LogP contribution is 2.36. The van der Waals surface area contributed by atoms with Crippen LogP contribution >= 0.6 is 27.5 Å². The summed E-state index contributed by atoms with van der Waals surface area (Å²) in [6, 6.07) is 8.82. The lowest BCUT2D eigenvalue weighted by molar-refractivity contribution is -0.118. The molecular formula is C15H14BrClN2O5S. The Morgan fingerprint density at radius 1 is 1.28 bits per heavy atom. The zero-order valence-electron chi connectivity index (χ0n) is 12.9. The standard InChI is InChI=1S/C15H14BrClN2O5S/c1-24-15-12(16)5-9(17)6-13(15)25(22,23)19-11-4-2-3-10(7-11)18-14(21)8-20/h2-7,19-20H,8H2,1H3,(H,18,21). The second kappa shape index (κ2) is 8.05. The van der Waals surface area contributed by atoms with E-state index < -0.39 is 22.5 Å². The first kappa shape index (κ1) is 19.5. The van der Waals surface area contributed by atoms with Crippen LogP contribution in [0.2, 0.25) is 5.02 Å². The summed E-state index contributed by atoms with van der Waals surface area (Å²) in [5.74, 6) is -0.498. The molecule has 7 nitrogen and oxygen atoms in total. The third kappa shape index (κ3) is 4.85. The molecule has 0 atom stereocenters. The van der Waals surface area contributed by atoms with E-state index in [4.69, 9.17) is 21.4 Å². The van der Waals surface area contributed by atoms with Gasteiger partial charge in [-0.25, -0.2) is 8.42 Å². The van der Waals surface area contributed by atoms with E-state index in [1.54, 1.807) is 12.1 Å². The molecule has 0 aromatic heterocycles. The van der Waals surface area contributed by atoms with E-state index in [0.717, 1.165) is 0 Å². The third-order valence-corrected chi connectivity index (χ3v) is 5.20. The number of sulfonamides is 1. The molecule has 134 valence electrons. The number of rotatable bonds is 6. The van der Waals surface area contributed by atoms with E-state index >= 15 is 0 Å². The fourth-order valence-electron chi connectivity index (χ4n) is 2.01. The summed E-state index contributed by atoms with van der Waals surface area (Å²) in [5.41, 5.74) is 0.549. The molecule has 2 aromatic rings. The van der Waals surface area contributed by atoms with Gasteiger partial charge in [0.1, 0.15) is 11.5 Å².